The van der Waals surface area contributed by atoms with E-state index in [-0.39, 0.29) is 13.2 Å². The molecule has 16 heavy (non-hydrogen) atoms. The molecule has 8 heteroatoms. The lowest BCUT2D eigenvalue weighted by Crippen LogP contribution is -2.67. The summed E-state index contributed by atoms with van der Waals surface area (Å²) in [6.07, 6.45) is -5.80. The van der Waals surface area contributed by atoms with E-state index in [2.05, 4.69) is 5.32 Å². The van der Waals surface area contributed by atoms with Gasteiger partial charge in [0.1, 0.15) is 0 Å². The highest BCUT2D eigenvalue weighted by Crippen LogP contribution is 2.29. The summed E-state index contributed by atoms with van der Waals surface area (Å²) in [5.74, 6) is 0. The molecule has 1 saturated heterocycles. The Morgan fingerprint density at radius 3 is 2.50 bits per heavy atom. The predicted octanol–water partition coefficient (Wildman–Crippen LogP) is 0.390. The highest BCUT2D eigenvalue weighted by molar-refractivity contribution is 4.95. The Kier molecular flexibility index (Phi) is 3.58. The maximum absolute atomic E-state index is 12.8. The first-order valence-electron chi connectivity index (χ1n) is 4.51. The first-order chi connectivity index (χ1) is 7.41. The molecule has 1 aliphatic rings. The molecule has 88 valence electrons. The Bertz CT molecular complexity index is 328. The van der Waals surface area contributed by atoms with Gasteiger partial charge in [0, 0.05) is 0 Å². The zero-order valence-corrected chi connectivity index (χ0v) is 8.49. The van der Waals surface area contributed by atoms with E-state index in [1.54, 1.807) is 6.07 Å². The fourth-order valence-electron chi connectivity index (χ4n) is 1.56. The number of hydrogen-bond acceptors (Lipinski definition) is 5. The lowest BCUT2D eigenvalue weighted by Gasteiger charge is -2.44. The summed E-state index contributed by atoms with van der Waals surface area (Å²) in [4.78, 5) is 1.46. The Morgan fingerprint density at radius 2 is 2.06 bits per heavy atom. The lowest BCUT2D eigenvalue weighted by atomic mass is 10.3. The molecule has 0 aromatic carbocycles. The molecule has 1 aliphatic heterocycles. The molecule has 2 atom stereocenters. The quantitative estimate of drug-likeness (QED) is 0.524. The molecule has 1 rings (SSSR count). The normalized spacial score (nSPS) is 27.2. The average Bonchev–Trinajstić information content (AvgIpc) is 2.18. The average molecular weight is 233 g/mol. The zero-order valence-electron chi connectivity index (χ0n) is 8.49. The lowest BCUT2D eigenvalue weighted by molar-refractivity contribution is -0.233. The smallest absolute Gasteiger partial charge is 0.284 e. The van der Waals surface area contributed by atoms with E-state index in [0.717, 1.165) is 4.90 Å². The molecule has 0 amide bonds. The second kappa shape index (κ2) is 4.56. The van der Waals surface area contributed by atoms with Crippen LogP contribution in [0.1, 0.15) is 6.92 Å². The van der Waals surface area contributed by atoms with Gasteiger partial charge in [-0.15, -0.1) is 0 Å². The molecule has 0 radical (unpaired) electrons. The van der Waals surface area contributed by atoms with Crippen molar-refractivity contribution in [1.29, 1.82) is 10.5 Å². The van der Waals surface area contributed by atoms with Crippen LogP contribution < -0.4 is 5.32 Å². The van der Waals surface area contributed by atoms with E-state index >= 15 is 0 Å². The van der Waals surface area contributed by atoms with Crippen LogP contribution in [0.2, 0.25) is 0 Å². The summed E-state index contributed by atoms with van der Waals surface area (Å²) in [7, 11) is 0. The number of hydrogen-bond donors (Lipinski definition) is 1. The Balaban J connectivity index is 2.98. The third-order valence-electron chi connectivity index (χ3n) is 2.30. The van der Waals surface area contributed by atoms with E-state index in [9.17, 15) is 13.2 Å². The Labute approximate surface area is 90.6 Å². The number of rotatable bonds is 1. The predicted molar refractivity (Wildman–Crippen MR) is 47.1 cm³/mol. The number of alkyl halides is 3. The SMILES string of the molecule is CC1NCN(CC#N)C(C(F)(F)F)N1C#N. The number of nitriles is 2. The number of nitrogens with zero attached hydrogens (tertiary/aromatic N) is 4. The van der Waals surface area contributed by atoms with Gasteiger partial charge in [-0.3, -0.25) is 10.2 Å². The molecule has 0 aromatic heterocycles. The van der Waals surface area contributed by atoms with Crippen molar-refractivity contribution < 1.29 is 13.2 Å². The van der Waals surface area contributed by atoms with Crippen LogP contribution in [0.3, 0.4) is 0 Å². The summed E-state index contributed by atoms with van der Waals surface area (Å²) in [6, 6.07) is 1.65. The monoisotopic (exact) mass is 233 g/mol. The maximum atomic E-state index is 12.8. The fourth-order valence-corrected chi connectivity index (χ4v) is 1.56. The molecule has 1 N–H and O–H groups in total. The molecule has 2 unspecified atom stereocenters. The van der Waals surface area contributed by atoms with E-state index in [4.69, 9.17) is 10.5 Å². The summed E-state index contributed by atoms with van der Waals surface area (Å²) in [6.45, 7) is 1.00. The van der Waals surface area contributed by atoms with Gasteiger partial charge >= 0.3 is 6.18 Å². The third-order valence-corrected chi connectivity index (χ3v) is 2.30. The second-order valence-corrected chi connectivity index (χ2v) is 3.37. The highest BCUT2D eigenvalue weighted by atomic mass is 19.4. The molecule has 0 saturated carbocycles. The Hall–Kier alpha value is -1.51. The maximum Gasteiger partial charge on any atom is 0.423 e. The van der Waals surface area contributed by atoms with Gasteiger partial charge in [0.2, 0.25) is 0 Å². The standard InChI is InChI=1S/C8H10F3N5/c1-6-14-5-15(3-2-12)7(8(9,10)11)16(6)4-13/h6-7,14H,3,5H2,1H3. The third kappa shape index (κ3) is 2.35. The molecule has 0 bridgehead atoms. The van der Waals surface area contributed by atoms with Gasteiger partial charge in [-0.2, -0.15) is 23.7 Å². The highest BCUT2D eigenvalue weighted by Gasteiger charge is 2.50. The van der Waals surface area contributed by atoms with Crippen LogP contribution in [0.4, 0.5) is 13.2 Å². The van der Waals surface area contributed by atoms with Gasteiger partial charge in [-0.25, -0.2) is 4.90 Å². The minimum absolute atomic E-state index is 0.0723. The molecule has 5 nitrogen and oxygen atoms in total. The van der Waals surface area contributed by atoms with Crippen LogP contribution in [-0.4, -0.2) is 41.5 Å². The minimum Gasteiger partial charge on any atom is -0.284 e. The fraction of sp³-hybridized carbons (Fsp3) is 0.750. The van der Waals surface area contributed by atoms with Crippen molar-refractivity contribution in [3.63, 3.8) is 0 Å². The van der Waals surface area contributed by atoms with Crippen LogP contribution in [0, 0.1) is 22.8 Å². The Morgan fingerprint density at radius 1 is 1.44 bits per heavy atom. The largest absolute Gasteiger partial charge is 0.423 e. The number of nitrogens with one attached hydrogen (secondary N) is 1. The molecular weight excluding hydrogens is 223 g/mol. The van der Waals surface area contributed by atoms with Gasteiger partial charge in [-0.1, -0.05) is 0 Å². The van der Waals surface area contributed by atoms with Crippen LogP contribution in [0.15, 0.2) is 0 Å². The van der Waals surface area contributed by atoms with Crippen molar-refractivity contribution in [1.82, 2.24) is 15.1 Å². The van der Waals surface area contributed by atoms with E-state index < -0.39 is 18.5 Å². The first-order valence-corrected chi connectivity index (χ1v) is 4.51. The van der Waals surface area contributed by atoms with E-state index in [1.807, 2.05) is 0 Å². The van der Waals surface area contributed by atoms with Crippen LogP contribution in [0.5, 0.6) is 0 Å². The molecule has 0 aliphatic carbocycles. The van der Waals surface area contributed by atoms with Crippen molar-refractivity contribution >= 4 is 0 Å². The van der Waals surface area contributed by atoms with Gasteiger partial charge in [0.15, 0.2) is 12.4 Å². The molecule has 1 heterocycles. The molecule has 0 aromatic rings. The second-order valence-electron chi connectivity index (χ2n) is 3.37. The van der Waals surface area contributed by atoms with E-state index in [0.29, 0.717) is 4.90 Å². The van der Waals surface area contributed by atoms with Crippen molar-refractivity contribution in [3.05, 3.63) is 0 Å². The molecule has 1 fully saturated rings. The zero-order chi connectivity index (χ0) is 12.3. The molecule has 0 spiro atoms. The van der Waals surface area contributed by atoms with E-state index in [1.165, 1.54) is 13.1 Å². The van der Waals surface area contributed by atoms with Gasteiger partial charge in [-0.05, 0) is 6.92 Å². The number of halogens is 3. The summed E-state index contributed by atoms with van der Waals surface area (Å²) >= 11 is 0. The van der Waals surface area contributed by atoms with Gasteiger partial charge < -0.3 is 0 Å². The first kappa shape index (κ1) is 12.6. The van der Waals surface area contributed by atoms with Crippen LogP contribution in [-0.2, 0) is 0 Å². The van der Waals surface area contributed by atoms with Crippen molar-refractivity contribution in [3.8, 4) is 12.3 Å². The molecular formula is C8H10F3N5. The van der Waals surface area contributed by atoms with Gasteiger partial charge in [0.25, 0.3) is 0 Å². The summed E-state index contributed by atoms with van der Waals surface area (Å²) in [5.41, 5.74) is 0. The summed E-state index contributed by atoms with van der Waals surface area (Å²) in [5, 5.41) is 19.8. The minimum atomic E-state index is -4.57. The van der Waals surface area contributed by atoms with Gasteiger partial charge in [0.05, 0.1) is 25.4 Å². The summed E-state index contributed by atoms with van der Waals surface area (Å²) < 4.78 is 38.3. The topological polar surface area (TPSA) is 66.1 Å². The van der Waals surface area contributed by atoms with Crippen molar-refractivity contribution in [2.45, 2.75) is 25.4 Å². The van der Waals surface area contributed by atoms with Crippen LogP contribution in [0.25, 0.3) is 0 Å². The van der Waals surface area contributed by atoms with Crippen molar-refractivity contribution in [2.24, 2.45) is 0 Å². The van der Waals surface area contributed by atoms with Crippen molar-refractivity contribution in [2.75, 3.05) is 13.2 Å². The van der Waals surface area contributed by atoms with Crippen LogP contribution >= 0.6 is 0 Å².